The molecule has 4 N–H and O–H groups in total. The molecule has 0 aromatic heterocycles. The zero-order valence-corrected chi connectivity index (χ0v) is 23.6. The Labute approximate surface area is 213 Å². The molecule has 196 valence electrons. The maximum atomic E-state index is 12.3. The summed E-state index contributed by atoms with van der Waals surface area (Å²) in [7, 11) is 0. The third-order valence-corrected chi connectivity index (χ3v) is 6.92. The van der Waals surface area contributed by atoms with Gasteiger partial charge in [0.2, 0.25) is 5.91 Å². The second kappa shape index (κ2) is 15.0. The summed E-state index contributed by atoms with van der Waals surface area (Å²) < 4.78 is 6.08. The van der Waals surface area contributed by atoms with Crippen LogP contribution in [0.3, 0.4) is 0 Å². The highest BCUT2D eigenvalue weighted by Gasteiger charge is 2.26. The number of aliphatic hydroxyl groups is 1. The smallest absolute Gasteiger partial charge is 0.222 e. The van der Waals surface area contributed by atoms with Crippen LogP contribution >= 0.6 is 11.8 Å². The van der Waals surface area contributed by atoms with Gasteiger partial charge in [-0.05, 0) is 66.4 Å². The number of carbonyl (C=O) groups excluding carboxylic acids is 1. The van der Waals surface area contributed by atoms with E-state index in [4.69, 9.17) is 10.5 Å². The number of nitrogens with one attached hydrogen (secondary N) is 1. The van der Waals surface area contributed by atoms with Gasteiger partial charge in [0, 0.05) is 18.5 Å². The van der Waals surface area contributed by atoms with E-state index in [0.29, 0.717) is 37.2 Å². The summed E-state index contributed by atoms with van der Waals surface area (Å²) in [4.78, 5) is 12.3. The molecule has 0 fully saturated rings. The van der Waals surface area contributed by atoms with E-state index in [0.717, 1.165) is 25.0 Å². The van der Waals surface area contributed by atoms with E-state index in [-0.39, 0.29) is 23.3 Å². The van der Waals surface area contributed by atoms with Gasteiger partial charge < -0.3 is 20.9 Å². The van der Waals surface area contributed by atoms with Crippen molar-refractivity contribution in [2.75, 3.05) is 18.7 Å². The predicted molar refractivity (Wildman–Crippen MR) is 146 cm³/mol. The van der Waals surface area contributed by atoms with Crippen LogP contribution in [-0.2, 0) is 16.6 Å². The predicted octanol–water partition coefficient (Wildman–Crippen LogP) is 5.52. The van der Waals surface area contributed by atoms with Crippen molar-refractivity contribution >= 4 is 17.7 Å². The summed E-state index contributed by atoms with van der Waals surface area (Å²) in [5.74, 6) is 2.07. The van der Waals surface area contributed by atoms with Crippen molar-refractivity contribution < 1.29 is 14.6 Å². The van der Waals surface area contributed by atoms with Crippen molar-refractivity contribution in [1.29, 1.82) is 0 Å². The van der Waals surface area contributed by atoms with Gasteiger partial charge in [-0.15, -0.1) is 11.8 Å². The van der Waals surface area contributed by atoms with Gasteiger partial charge >= 0.3 is 0 Å². The standard InChI is InChI=1S/C28H50N2O3S/c1-9-10-13-30-27(32)20(4)14-25(31)24(29)17-22(19(2)3)15-21-11-12-23(28(5,6)7)26(16-21)33-18-34-8/h11-12,16,19-20,22,24-25,31H,9-10,13-15,17-18,29H2,1-8H3,(H,30,32)/t20?,22-,24-,25-/m0/s1. The molecule has 1 aromatic rings. The molecule has 0 aliphatic rings. The molecule has 0 spiro atoms. The Bertz CT molecular complexity index is 733. The summed E-state index contributed by atoms with van der Waals surface area (Å²) in [5.41, 5.74) is 8.90. The molecule has 0 heterocycles. The monoisotopic (exact) mass is 494 g/mol. The summed E-state index contributed by atoms with van der Waals surface area (Å²) in [5, 5.41) is 13.7. The molecule has 5 nitrogen and oxygen atoms in total. The van der Waals surface area contributed by atoms with Gasteiger partial charge in [0.05, 0.1) is 6.10 Å². The van der Waals surface area contributed by atoms with Crippen LogP contribution in [0.15, 0.2) is 18.2 Å². The first-order valence-electron chi connectivity index (χ1n) is 12.9. The number of benzene rings is 1. The molecule has 1 amide bonds. The minimum absolute atomic E-state index is 0.00294. The molecular formula is C28H50N2O3S. The number of hydrogen-bond acceptors (Lipinski definition) is 5. The van der Waals surface area contributed by atoms with Crippen LogP contribution in [0.1, 0.15) is 85.3 Å². The minimum Gasteiger partial charge on any atom is -0.483 e. The molecule has 1 aromatic carbocycles. The van der Waals surface area contributed by atoms with Gasteiger partial charge in [0.1, 0.15) is 11.7 Å². The van der Waals surface area contributed by atoms with Crippen molar-refractivity contribution in [2.45, 2.75) is 98.1 Å². The van der Waals surface area contributed by atoms with Crippen molar-refractivity contribution in [1.82, 2.24) is 5.32 Å². The fourth-order valence-electron chi connectivity index (χ4n) is 4.16. The quantitative estimate of drug-likeness (QED) is 0.221. The molecule has 0 aliphatic carbocycles. The van der Waals surface area contributed by atoms with E-state index < -0.39 is 6.10 Å². The first-order chi connectivity index (χ1) is 15.9. The lowest BCUT2D eigenvalue weighted by atomic mass is 9.81. The van der Waals surface area contributed by atoms with Gasteiger partial charge in [-0.25, -0.2) is 0 Å². The molecule has 6 heteroatoms. The highest BCUT2D eigenvalue weighted by molar-refractivity contribution is 7.98. The fourth-order valence-corrected chi connectivity index (χ4v) is 4.41. The maximum Gasteiger partial charge on any atom is 0.222 e. The molecule has 1 unspecified atom stereocenters. The van der Waals surface area contributed by atoms with Crippen LogP contribution in [0, 0.1) is 17.8 Å². The largest absolute Gasteiger partial charge is 0.483 e. The second-order valence-corrected chi connectivity index (χ2v) is 11.9. The number of carbonyl (C=O) groups is 1. The Hall–Kier alpha value is -1.24. The average Bonchev–Trinajstić information content (AvgIpc) is 2.76. The zero-order chi connectivity index (χ0) is 25.9. The Balaban J connectivity index is 2.84. The fraction of sp³-hybridized carbons (Fsp3) is 0.750. The van der Waals surface area contributed by atoms with Gasteiger partial charge in [-0.1, -0.05) is 67.0 Å². The third kappa shape index (κ3) is 10.6. The molecule has 0 saturated carbocycles. The van der Waals surface area contributed by atoms with E-state index >= 15 is 0 Å². The average molecular weight is 495 g/mol. The number of ether oxygens (including phenoxy) is 1. The van der Waals surface area contributed by atoms with Crippen molar-refractivity contribution in [3.63, 3.8) is 0 Å². The minimum atomic E-state index is -0.697. The summed E-state index contributed by atoms with van der Waals surface area (Å²) >= 11 is 1.67. The van der Waals surface area contributed by atoms with E-state index in [1.54, 1.807) is 11.8 Å². The lowest BCUT2D eigenvalue weighted by molar-refractivity contribution is -0.125. The SMILES string of the molecule is CCCCNC(=O)C(C)C[C@H](O)[C@@H](N)C[C@H](Cc1ccc(C(C)(C)C)c(OCSC)c1)C(C)C. The van der Waals surface area contributed by atoms with Crippen LogP contribution in [0.5, 0.6) is 5.75 Å². The van der Waals surface area contributed by atoms with E-state index in [1.165, 1.54) is 11.1 Å². The number of nitrogens with two attached hydrogens (primary N) is 1. The summed E-state index contributed by atoms with van der Waals surface area (Å²) in [6.45, 7) is 15.7. The number of thioether (sulfide) groups is 1. The third-order valence-electron chi connectivity index (χ3n) is 6.57. The van der Waals surface area contributed by atoms with Gasteiger partial charge in [-0.2, -0.15) is 0 Å². The highest BCUT2D eigenvalue weighted by Crippen LogP contribution is 2.34. The Morgan fingerprint density at radius 2 is 1.88 bits per heavy atom. The highest BCUT2D eigenvalue weighted by atomic mass is 32.2. The first-order valence-corrected chi connectivity index (χ1v) is 14.3. The van der Waals surface area contributed by atoms with Crippen molar-refractivity contribution in [3.8, 4) is 5.75 Å². The van der Waals surface area contributed by atoms with E-state index in [9.17, 15) is 9.90 Å². The first kappa shape index (κ1) is 30.8. The number of amides is 1. The molecular weight excluding hydrogens is 444 g/mol. The van der Waals surface area contributed by atoms with Gasteiger partial charge in [-0.3, -0.25) is 4.79 Å². The number of rotatable bonds is 15. The van der Waals surface area contributed by atoms with Crippen LogP contribution in [-0.4, -0.2) is 41.9 Å². The van der Waals surface area contributed by atoms with Crippen LogP contribution < -0.4 is 15.8 Å². The Kier molecular flexibility index (Phi) is 13.6. The van der Waals surface area contributed by atoms with Crippen LogP contribution in [0.25, 0.3) is 0 Å². The number of aliphatic hydroxyl groups excluding tert-OH is 1. The normalized spacial score (nSPS) is 15.6. The second-order valence-electron chi connectivity index (χ2n) is 11.1. The summed E-state index contributed by atoms with van der Waals surface area (Å²) in [6, 6.07) is 6.21. The number of unbranched alkanes of at least 4 members (excludes halogenated alkanes) is 1. The van der Waals surface area contributed by atoms with Crippen molar-refractivity contribution in [2.24, 2.45) is 23.5 Å². The van der Waals surface area contributed by atoms with E-state index in [1.807, 2.05) is 13.2 Å². The molecule has 0 bridgehead atoms. The molecule has 34 heavy (non-hydrogen) atoms. The molecule has 4 atom stereocenters. The molecule has 0 radical (unpaired) electrons. The lowest BCUT2D eigenvalue weighted by Crippen LogP contribution is -2.41. The van der Waals surface area contributed by atoms with E-state index in [2.05, 4.69) is 65.1 Å². The molecule has 1 rings (SSSR count). The van der Waals surface area contributed by atoms with Gasteiger partial charge in [0.15, 0.2) is 0 Å². The molecule has 0 saturated heterocycles. The number of hydrogen-bond donors (Lipinski definition) is 3. The maximum absolute atomic E-state index is 12.3. The topological polar surface area (TPSA) is 84.6 Å². The van der Waals surface area contributed by atoms with Gasteiger partial charge in [0.25, 0.3) is 0 Å². The zero-order valence-electron chi connectivity index (χ0n) is 22.8. The Morgan fingerprint density at radius 1 is 1.21 bits per heavy atom. The van der Waals surface area contributed by atoms with Crippen LogP contribution in [0.4, 0.5) is 0 Å². The Morgan fingerprint density at radius 3 is 2.44 bits per heavy atom. The molecule has 0 aliphatic heterocycles. The summed E-state index contributed by atoms with van der Waals surface area (Å²) in [6.07, 6.45) is 5.34. The van der Waals surface area contributed by atoms with Crippen LogP contribution in [0.2, 0.25) is 0 Å². The van der Waals surface area contributed by atoms with Crippen molar-refractivity contribution in [3.05, 3.63) is 29.3 Å². The lowest BCUT2D eigenvalue weighted by Gasteiger charge is -2.29.